The molecule has 0 radical (unpaired) electrons. The third kappa shape index (κ3) is 3.32. The molecule has 25 heavy (non-hydrogen) atoms. The second-order valence-electron chi connectivity index (χ2n) is 7.03. The molecule has 1 N–H and O–H groups in total. The van der Waals surface area contributed by atoms with Gasteiger partial charge in [0.2, 0.25) is 0 Å². The molecule has 0 spiro atoms. The predicted molar refractivity (Wildman–Crippen MR) is 97.2 cm³/mol. The Labute approximate surface area is 148 Å². The maximum atomic E-state index is 12.6. The van der Waals surface area contributed by atoms with Crippen LogP contribution in [0, 0.1) is 0 Å². The fraction of sp³-hybridized carbons (Fsp3) is 0.381. The van der Waals surface area contributed by atoms with Crippen molar-refractivity contribution < 1.29 is 9.90 Å². The molecule has 0 aliphatic carbocycles. The second kappa shape index (κ2) is 6.98. The quantitative estimate of drug-likeness (QED) is 0.917. The van der Waals surface area contributed by atoms with Gasteiger partial charge in [-0.25, -0.2) is 0 Å². The molecule has 130 valence electrons. The Balaban J connectivity index is 1.39. The zero-order valence-corrected chi connectivity index (χ0v) is 14.3. The van der Waals surface area contributed by atoms with Crippen LogP contribution >= 0.6 is 0 Å². The van der Waals surface area contributed by atoms with E-state index in [9.17, 15) is 9.90 Å². The number of aliphatic hydroxyl groups is 1. The third-order valence-electron chi connectivity index (χ3n) is 5.48. The van der Waals surface area contributed by atoms with E-state index in [2.05, 4.69) is 11.0 Å². The molecule has 2 aliphatic rings. The smallest absolute Gasteiger partial charge is 0.253 e. The van der Waals surface area contributed by atoms with Gasteiger partial charge in [-0.05, 0) is 36.1 Å². The number of benzene rings is 2. The van der Waals surface area contributed by atoms with E-state index in [1.807, 2.05) is 53.4 Å². The van der Waals surface area contributed by atoms with Crippen LogP contribution in [0.15, 0.2) is 54.6 Å². The Morgan fingerprint density at radius 3 is 2.40 bits per heavy atom. The van der Waals surface area contributed by atoms with Crippen LogP contribution in [0.5, 0.6) is 0 Å². The molecule has 2 aliphatic heterocycles. The van der Waals surface area contributed by atoms with Gasteiger partial charge in [0, 0.05) is 37.8 Å². The number of hydrogen-bond donors (Lipinski definition) is 1. The highest BCUT2D eigenvalue weighted by molar-refractivity contribution is 5.94. The van der Waals surface area contributed by atoms with E-state index in [-0.39, 0.29) is 5.91 Å². The minimum Gasteiger partial charge on any atom is -0.387 e. The van der Waals surface area contributed by atoms with E-state index in [0.717, 1.165) is 43.6 Å². The molecule has 1 fully saturated rings. The lowest BCUT2D eigenvalue weighted by Gasteiger charge is -2.42. The minimum absolute atomic E-state index is 0.128. The summed E-state index contributed by atoms with van der Waals surface area (Å²) >= 11 is 0. The molecule has 0 saturated carbocycles. The summed E-state index contributed by atoms with van der Waals surface area (Å²) < 4.78 is 0. The molecule has 0 aromatic heterocycles. The van der Waals surface area contributed by atoms with Gasteiger partial charge >= 0.3 is 0 Å². The molecule has 1 atom stereocenters. The summed E-state index contributed by atoms with van der Waals surface area (Å²) in [6.07, 6.45) is 1.52. The maximum Gasteiger partial charge on any atom is 0.253 e. The van der Waals surface area contributed by atoms with Gasteiger partial charge in [0.1, 0.15) is 0 Å². The molecule has 1 saturated heterocycles. The van der Waals surface area contributed by atoms with Crippen molar-refractivity contribution in [3.8, 4) is 0 Å². The standard InChI is InChI=1S/C21H24N2O2/c24-20-15-23(14-17-8-4-5-9-19(17)20)18-10-12-22(13-11-18)21(25)16-6-2-1-3-7-16/h1-9,18,20,24H,10-15H2/t20-/m1/s1. The first-order valence-corrected chi connectivity index (χ1v) is 9.06. The molecule has 0 bridgehead atoms. The summed E-state index contributed by atoms with van der Waals surface area (Å²) in [7, 11) is 0. The molecule has 4 heteroatoms. The topological polar surface area (TPSA) is 43.8 Å². The molecular weight excluding hydrogens is 312 g/mol. The number of fused-ring (bicyclic) bond motifs is 1. The minimum atomic E-state index is -0.408. The SMILES string of the molecule is O=C(c1ccccc1)N1CCC(N2Cc3ccccc3[C@H](O)C2)CC1. The Hall–Kier alpha value is -2.17. The number of likely N-dealkylation sites (tertiary alicyclic amines) is 1. The van der Waals surface area contributed by atoms with E-state index >= 15 is 0 Å². The van der Waals surface area contributed by atoms with E-state index in [1.165, 1.54) is 5.56 Å². The number of carbonyl (C=O) groups excluding carboxylic acids is 1. The normalized spacial score (nSPS) is 21.8. The van der Waals surface area contributed by atoms with Gasteiger partial charge in [-0.1, -0.05) is 42.5 Å². The lowest BCUT2D eigenvalue weighted by molar-refractivity contribution is 0.0349. The van der Waals surface area contributed by atoms with Gasteiger partial charge in [-0.3, -0.25) is 9.69 Å². The third-order valence-corrected chi connectivity index (χ3v) is 5.48. The number of nitrogens with zero attached hydrogens (tertiary/aromatic N) is 2. The summed E-state index contributed by atoms with van der Waals surface area (Å²) in [5.74, 6) is 0.128. The predicted octanol–water partition coefficient (Wildman–Crippen LogP) is 2.84. The van der Waals surface area contributed by atoms with Gasteiger partial charge < -0.3 is 10.0 Å². The zero-order chi connectivity index (χ0) is 17.2. The van der Waals surface area contributed by atoms with Crippen molar-refractivity contribution in [3.05, 3.63) is 71.3 Å². The molecule has 2 heterocycles. The van der Waals surface area contributed by atoms with Crippen molar-refractivity contribution in [1.29, 1.82) is 0 Å². The first kappa shape index (κ1) is 16.3. The summed E-state index contributed by atoms with van der Waals surface area (Å²) in [6.45, 7) is 3.15. The lowest BCUT2D eigenvalue weighted by atomic mass is 9.93. The summed E-state index contributed by atoms with van der Waals surface area (Å²) in [6, 6.07) is 18.1. The van der Waals surface area contributed by atoms with Crippen molar-refractivity contribution in [1.82, 2.24) is 9.80 Å². The largest absolute Gasteiger partial charge is 0.387 e. The Morgan fingerprint density at radius 2 is 1.64 bits per heavy atom. The van der Waals surface area contributed by atoms with Crippen LogP contribution in [0.1, 0.15) is 40.4 Å². The number of aliphatic hydroxyl groups excluding tert-OH is 1. The van der Waals surface area contributed by atoms with Crippen LogP contribution in [0.25, 0.3) is 0 Å². The number of amides is 1. The van der Waals surface area contributed by atoms with Gasteiger partial charge in [0.25, 0.3) is 5.91 Å². The highest BCUT2D eigenvalue weighted by atomic mass is 16.3. The monoisotopic (exact) mass is 336 g/mol. The fourth-order valence-corrected chi connectivity index (χ4v) is 4.08. The zero-order valence-electron chi connectivity index (χ0n) is 14.3. The Morgan fingerprint density at radius 1 is 0.960 bits per heavy atom. The summed E-state index contributed by atoms with van der Waals surface area (Å²) in [5, 5.41) is 10.4. The van der Waals surface area contributed by atoms with Crippen molar-refractivity contribution in [2.45, 2.75) is 31.5 Å². The van der Waals surface area contributed by atoms with Crippen LogP contribution in [0.2, 0.25) is 0 Å². The van der Waals surface area contributed by atoms with E-state index in [0.29, 0.717) is 12.6 Å². The average molecular weight is 336 g/mol. The number of piperidine rings is 1. The van der Waals surface area contributed by atoms with Crippen LogP contribution in [0.3, 0.4) is 0 Å². The van der Waals surface area contributed by atoms with E-state index < -0.39 is 6.10 Å². The molecule has 1 amide bonds. The number of carbonyl (C=O) groups is 1. The number of rotatable bonds is 2. The maximum absolute atomic E-state index is 12.6. The molecule has 4 rings (SSSR count). The van der Waals surface area contributed by atoms with Crippen LogP contribution < -0.4 is 0 Å². The number of β-amino-alcohol motifs (C(OH)–C–C–N with tert-alkyl or cyclic N) is 1. The molecule has 4 nitrogen and oxygen atoms in total. The second-order valence-corrected chi connectivity index (χ2v) is 7.03. The van der Waals surface area contributed by atoms with Crippen LogP contribution in [-0.4, -0.2) is 46.5 Å². The highest BCUT2D eigenvalue weighted by Crippen LogP contribution is 2.30. The van der Waals surface area contributed by atoms with Gasteiger partial charge in [-0.2, -0.15) is 0 Å². The first-order chi connectivity index (χ1) is 12.2. The van der Waals surface area contributed by atoms with Crippen LogP contribution in [-0.2, 0) is 6.54 Å². The van der Waals surface area contributed by atoms with Gasteiger partial charge in [-0.15, -0.1) is 0 Å². The van der Waals surface area contributed by atoms with Crippen molar-refractivity contribution in [3.63, 3.8) is 0 Å². The summed E-state index contributed by atoms with van der Waals surface area (Å²) in [5.41, 5.74) is 3.06. The Kier molecular flexibility index (Phi) is 4.55. The van der Waals surface area contributed by atoms with E-state index in [4.69, 9.17) is 0 Å². The summed E-state index contributed by atoms with van der Waals surface area (Å²) in [4.78, 5) is 16.9. The fourth-order valence-electron chi connectivity index (χ4n) is 4.08. The van der Waals surface area contributed by atoms with Crippen molar-refractivity contribution in [2.75, 3.05) is 19.6 Å². The van der Waals surface area contributed by atoms with Crippen molar-refractivity contribution >= 4 is 5.91 Å². The van der Waals surface area contributed by atoms with E-state index in [1.54, 1.807) is 0 Å². The Bertz CT molecular complexity index is 739. The van der Waals surface area contributed by atoms with Gasteiger partial charge in [0.15, 0.2) is 0 Å². The molecular formula is C21H24N2O2. The van der Waals surface area contributed by atoms with Crippen molar-refractivity contribution in [2.24, 2.45) is 0 Å². The lowest BCUT2D eigenvalue weighted by Crippen LogP contribution is -2.48. The number of hydrogen-bond acceptors (Lipinski definition) is 3. The highest BCUT2D eigenvalue weighted by Gasteiger charge is 2.31. The van der Waals surface area contributed by atoms with Gasteiger partial charge in [0.05, 0.1) is 6.10 Å². The molecule has 2 aromatic carbocycles. The molecule has 0 unspecified atom stereocenters. The average Bonchev–Trinajstić information content (AvgIpc) is 2.68. The van der Waals surface area contributed by atoms with Crippen LogP contribution in [0.4, 0.5) is 0 Å². The first-order valence-electron chi connectivity index (χ1n) is 9.06. The molecule has 2 aromatic rings.